The molecule has 1 aromatic heterocycles. The Morgan fingerprint density at radius 2 is 2.00 bits per heavy atom. The molecule has 2 aromatic rings. The highest BCUT2D eigenvalue weighted by atomic mass is 127. The van der Waals surface area contributed by atoms with Crippen LogP contribution in [0.4, 0.5) is 0 Å². The van der Waals surface area contributed by atoms with Crippen molar-refractivity contribution in [2.24, 2.45) is 10.9 Å². The van der Waals surface area contributed by atoms with Gasteiger partial charge in [-0.25, -0.2) is 9.67 Å². The summed E-state index contributed by atoms with van der Waals surface area (Å²) in [6.45, 7) is 6.30. The van der Waals surface area contributed by atoms with Gasteiger partial charge in [0.25, 0.3) is 0 Å². The van der Waals surface area contributed by atoms with Gasteiger partial charge in [-0.05, 0) is 62.4 Å². The van der Waals surface area contributed by atoms with Gasteiger partial charge in [0.1, 0.15) is 5.75 Å². The lowest BCUT2D eigenvalue weighted by molar-refractivity contribution is 0.0625. The molecular formula is C22H34IN5O2. The van der Waals surface area contributed by atoms with Crippen LogP contribution in [0.15, 0.2) is 41.5 Å². The number of hydrogen-bond donors (Lipinski definition) is 1. The molecule has 1 N–H and O–H groups in total. The van der Waals surface area contributed by atoms with E-state index in [9.17, 15) is 0 Å². The van der Waals surface area contributed by atoms with Crippen molar-refractivity contribution in [2.75, 3.05) is 40.5 Å². The number of guanidine groups is 1. The summed E-state index contributed by atoms with van der Waals surface area (Å²) < 4.78 is 12.5. The van der Waals surface area contributed by atoms with Crippen LogP contribution >= 0.6 is 24.0 Å². The van der Waals surface area contributed by atoms with Crippen LogP contribution in [0.5, 0.6) is 5.75 Å². The molecule has 166 valence electrons. The maximum atomic E-state index is 5.46. The van der Waals surface area contributed by atoms with E-state index in [0.29, 0.717) is 6.54 Å². The summed E-state index contributed by atoms with van der Waals surface area (Å²) in [6.07, 6.45) is 5.49. The zero-order chi connectivity index (χ0) is 20.5. The number of methoxy groups -OCH3 is 1. The molecule has 0 unspecified atom stereocenters. The van der Waals surface area contributed by atoms with E-state index < -0.39 is 0 Å². The van der Waals surface area contributed by atoms with Crippen LogP contribution in [0.3, 0.4) is 0 Å². The maximum Gasteiger partial charge on any atom is 0.194 e. The second kappa shape index (κ2) is 12.8. The summed E-state index contributed by atoms with van der Waals surface area (Å²) in [6, 6.07) is 9.87. The average Bonchev–Trinajstić information content (AvgIpc) is 3.25. The van der Waals surface area contributed by atoms with Gasteiger partial charge in [-0.15, -0.1) is 24.0 Å². The van der Waals surface area contributed by atoms with E-state index in [1.807, 2.05) is 41.2 Å². The second-order valence-electron chi connectivity index (χ2n) is 7.39. The van der Waals surface area contributed by atoms with Crippen molar-refractivity contribution in [2.45, 2.75) is 32.7 Å². The predicted molar refractivity (Wildman–Crippen MR) is 131 cm³/mol. The molecule has 2 heterocycles. The van der Waals surface area contributed by atoms with Crippen molar-refractivity contribution >= 4 is 29.9 Å². The molecule has 1 aliphatic rings. The minimum atomic E-state index is 0. The van der Waals surface area contributed by atoms with Gasteiger partial charge in [0, 0.05) is 39.5 Å². The number of aliphatic imine (C=N–C) groups is 1. The van der Waals surface area contributed by atoms with Crippen LogP contribution in [0.2, 0.25) is 0 Å². The standard InChI is InChI=1S/C22H33N5O2.HI/c1-4-23-22(26(2)13-9-18-11-15-29-16-12-18)24-17-19-10-14-27(25-19)20-5-7-21(28-3)8-6-20;/h5-8,10,14,18H,4,9,11-13,15-17H2,1-3H3,(H,23,24);1H. The highest BCUT2D eigenvalue weighted by Gasteiger charge is 2.15. The minimum Gasteiger partial charge on any atom is -0.497 e. The first-order valence-corrected chi connectivity index (χ1v) is 10.5. The molecule has 1 saturated heterocycles. The molecule has 0 aliphatic carbocycles. The highest BCUT2D eigenvalue weighted by molar-refractivity contribution is 14.0. The van der Waals surface area contributed by atoms with Crippen molar-refractivity contribution in [3.8, 4) is 11.4 Å². The van der Waals surface area contributed by atoms with Crippen molar-refractivity contribution < 1.29 is 9.47 Å². The van der Waals surface area contributed by atoms with Crippen LogP contribution in [0.25, 0.3) is 5.69 Å². The maximum absolute atomic E-state index is 5.46. The van der Waals surface area contributed by atoms with Gasteiger partial charge in [-0.1, -0.05) is 0 Å². The van der Waals surface area contributed by atoms with E-state index in [4.69, 9.17) is 14.5 Å². The van der Waals surface area contributed by atoms with Crippen LogP contribution in [0.1, 0.15) is 31.9 Å². The Hall–Kier alpha value is -1.81. The van der Waals surface area contributed by atoms with E-state index in [0.717, 1.165) is 55.3 Å². The number of aromatic nitrogens is 2. The van der Waals surface area contributed by atoms with E-state index in [-0.39, 0.29) is 24.0 Å². The Morgan fingerprint density at radius 1 is 1.27 bits per heavy atom. The Balaban J connectivity index is 0.00000320. The van der Waals surface area contributed by atoms with Crippen molar-refractivity contribution in [3.63, 3.8) is 0 Å². The zero-order valence-electron chi connectivity index (χ0n) is 18.2. The topological polar surface area (TPSA) is 63.9 Å². The SMILES string of the molecule is CCNC(=NCc1ccn(-c2ccc(OC)cc2)n1)N(C)CCC1CCOCC1.I. The molecule has 0 spiro atoms. The molecular weight excluding hydrogens is 493 g/mol. The summed E-state index contributed by atoms with van der Waals surface area (Å²) in [4.78, 5) is 7.01. The molecule has 3 rings (SSSR count). The summed E-state index contributed by atoms with van der Waals surface area (Å²) in [5.41, 5.74) is 1.94. The fourth-order valence-corrected chi connectivity index (χ4v) is 3.47. The Labute approximate surface area is 196 Å². The fourth-order valence-electron chi connectivity index (χ4n) is 3.47. The van der Waals surface area contributed by atoms with E-state index >= 15 is 0 Å². The van der Waals surface area contributed by atoms with Gasteiger partial charge in [-0.3, -0.25) is 0 Å². The van der Waals surface area contributed by atoms with Gasteiger partial charge >= 0.3 is 0 Å². The number of nitrogens with zero attached hydrogens (tertiary/aromatic N) is 4. The summed E-state index contributed by atoms with van der Waals surface area (Å²) in [7, 11) is 3.78. The first kappa shape index (κ1) is 24.5. The Morgan fingerprint density at radius 3 is 2.67 bits per heavy atom. The van der Waals surface area contributed by atoms with Crippen LogP contribution < -0.4 is 10.1 Å². The second-order valence-corrected chi connectivity index (χ2v) is 7.39. The Bertz CT molecular complexity index is 772. The lowest BCUT2D eigenvalue weighted by atomic mass is 9.96. The molecule has 0 bridgehead atoms. The first-order valence-electron chi connectivity index (χ1n) is 10.5. The summed E-state index contributed by atoms with van der Waals surface area (Å²) >= 11 is 0. The lowest BCUT2D eigenvalue weighted by Gasteiger charge is -2.26. The Kier molecular flexibility index (Phi) is 10.4. The first-order chi connectivity index (χ1) is 14.2. The van der Waals surface area contributed by atoms with E-state index in [1.54, 1.807) is 7.11 Å². The molecule has 1 fully saturated rings. The lowest BCUT2D eigenvalue weighted by Crippen LogP contribution is -2.40. The third kappa shape index (κ3) is 7.16. The molecule has 0 saturated carbocycles. The minimum absolute atomic E-state index is 0. The molecule has 0 atom stereocenters. The number of rotatable bonds is 8. The quantitative estimate of drug-likeness (QED) is 0.322. The van der Waals surface area contributed by atoms with Crippen molar-refractivity contribution in [1.29, 1.82) is 0 Å². The molecule has 0 radical (unpaired) electrons. The van der Waals surface area contributed by atoms with Gasteiger partial charge in [0.2, 0.25) is 0 Å². The third-order valence-electron chi connectivity index (χ3n) is 5.28. The number of nitrogens with one attached hydrogen (secondary N) is 1. The normalized spacial score (nSPS) is 14.8. The van der Waals surface area contributed by atoms with Crippen LogP contribution in [0, 0.1) is 5.92 Å². The van der Waals surface area contributed by atoms with E-state index in [2.05, 4.69) is 29.3 Å². The van der Waals surface area contributed by atoms with Crippen LogP contribution in [-0.4, -0.2) is 61.1 Å². The summed E-state index contributed by atoms with van der Waals surface area (Å²) in [5, 5.41) is 8.05. The van der Waals surface area contributed by atoms with Gasteiger partial charge < -0.3 is 19.7 Å². The molecule has 8 heteroatoms. The largest absolute Gasteiger partial charge is 0.497 e. The van der Waals surface area contributed by atoms with Gasteiger partial charge in [-0.2, -0.15) is 5.10 Å². The van der Waals surface area contributed by atoms with Crippen LogP contribution in [-0.2, 0) is 11.3 Å². The number of hydrogen-bond acceptors (Lipinski definition) is 4. The summed E-state index contributed by atoms with van der Waals surface area (Å²) in [5.74, 6) is 2.53. The van der Waals surface area contributed by atoms with Gasteiger partial charge in [0.05, 0.1) is 25.0 Å². The van der Waals surface area contributed by atoms with E-state index in [1.165, 1.54) is 19.3 Å². The molecule has 0 amide bonds. The van der Waals surface area contributed by atoms with Crippen molar-refractivity contribution in [3.05, 3.63) is 42.2 Å². The zero-order valence-corrected chi connectivity index (χ0v) is 20.5. The molecule has 1 aromatic carbocycles. The monoisotopic (exact) mass is 527 g/mol. The number of ether oxygens (including phenoxy) is 2. The van der Waals surface area contributed by atoms with Crippen molar-refractivity contribution in [1.82, 2.24) is 20.0 Å². The molecule has 7 nitrogen and oxygen atoms in total. The van der Waals surface area contributed by atoms with Gasteiger partial charge in [0.15, 0.2) is 5.96 Å². The average molecular weight is 527 g/mol. The smallest absolute Gasteiger partial charge is 0.194 e. The number of benzene rings is 1. The predicted octanol–water partition coefficient (Wildman–Crippen LogP) is 3.71. The highest BCUT2D eigenvalue weighted by Crippen LogP contribution is 2.18. The molecule has 30 heavy (non-hydrogen) atoms. The number of halogens is 1. The molecule has 1 aliphatic heterocycles. The fraction of sp³-hybridized carbons (Fsp3) is 0.545. The third-order valence-corrected chi connectivity index (χ3v) is 5.28.